The van der Waals surface area contributed by atoms with E-state index in [-0.39, 0.29) is 6.04 Å². The minimum atomic E-state index is 0.0141. The third-order valence-electron chi connectivity index (χ3n) is 3.87. The molecule has 1 aliphatic rings. The third kappa shape index (κ3) is 3.24. The Morgan fingerprint density at radius 1 is 1.44 bits per heavy atom. The van der Waals surface area contributed by atoms with E-state index in [0.29, 0.717) is 0 Å². The first-order valence-corrected chi connectivity index (χ1v) is 6.69. The van der Waals surface area contributed by atoms with Crippen molar-refractivity contribution in [1.29, 1.82) is 0 Å². The minimum Gasteiger partial charge on any atom is -0.496 e. The fraction of sp³-hybridized carbons (Fsp3) is 0.600. The number of hydrogen-bond donors (Lipinski definition) is 1. The lowest BCUT2D eigenvalue weighted by Crippen LogP contribution is -2.31. The number of hydrogen-bond acceptors (Lipinski definition) is 3. The molecular weight excluding hydrogens is 224 g/mol. The maximum atomic E-state index is 6.28. The fourth-order valence-electron chi connectivity index (χ4n) is 2.54. The molecule has 3 atom stereocenters. The van der Waals surface area contributed by atoms with Crippen LogP contribution in [0, 0.1) is 11.8 Å². The van der Waals surface area contributed by atoms with Crippen molar-refractivity contribution in [1.82, 2.24) is 4.90 Å². The average molecular weight is 248 g/mol. The Bertz CT molecular complexity index is 394. The summed E-state index contributed by atoms with van der Waals surface area (Å²) < 4.78 is 5.36. The molecular formula is C15H24N2O. The molecule has 2 N–H and O–H groups in total. The van der Waals surface area contributed by atoms with Crippen LogP contribution in [-0.4, -0.2) is 32.1 Å². The van der Waals surface area contributed by atoms with Crippen LogP contribution in [0.25, 0.3) is 0 Å². The van der Waals surface area contributed by atoms with Crippen LogP contribution in [0.3, 0.4) is 0 Å². The monoisotopic (exact) mass is 248 g/mol. The zero-order valence-electron chi connectivity index (χ0n) is 11.6. The van der Waals surface area contributed by atoms with Crippen LogP contribution in [0.1, 0.15) is 24.9 Å². The molecule has 0 saturated heterocycles. The second-order valence-corrected chi connectivity index (χ2v) is 5.54. The molecule has 0 radical (unpaired) electrons. The number of para-hydroxylation sites is 1. The first-order valence-electron chi connectivity index (χ1n) is 6.69. The van der Waals surface area contributed by atoms with Crippen LogP contribution in [0.4, 0.5) is 0 Å². The van der Waals surface area contributed by atoms with Gasteiger partial charge in [-0.1, -0.05) is 25.1 Å². The summed E-state index contributed by atoms with van der Waals surface area (Å²) in [6.07, 6.45) is 1.37. The van der Waals surface area contributed by atoms with E-state index < -0.39 is 0 Å². The smallest absolute Gasteiger partial charge is 0.123 e. The van der Waals surface area contributed by atoms with Gasteiger partial charge in [0.2, 0.25) is 0 Å². The lowest BCUT2D eigenvalue weighted by molar-refractivity contribution is 0.292. The van der Waals surface area contributed by atoms with Crippen molar-refractivity contribution < 1.29 is 4.74 Å². The predicted octanol–water partition coefficient (Wildman–Crippen LogP) is 2.28. The summed E-state index contributed by atoms with van der Waals surface area (Å²) in [7, 11) is 3.85. The van der Waals surface area contributed by atoms with Gasteiger partial charge in [-0.25, -0.2) is 0 Å². The summed E-state index contributed by atoms with van der Waals surface area (Å²) in [4.78, 5) is 2.34. The second kappa shape index (κ2) is 5.72. The topological polar surface area (TPSA) is 38.5 Å². The Kier molecular flexibility index (Phi) is 4.25. The number of nitrogens with two attached hydrogens (primary N) is 1. The molecule has 0 amide bonds. The maximum Gasteiger partial charge on any atom is 0.123 e. The first-order chi connectivity index (χ1) is 8.61. The summed E-state index contributed by atoms with van der Waals surface area (Å²) in [5, 5.41) is 0. The molecule has 0 spiro atoms. The summed E-state index contributed by atoms with van der Waals surface area (Å²) in [5.41, 5.74) is 7.37. The number of benzene rings is 1. The van der Waals surface area contributed by atoms with Gasteiger partial charge in [-0.15, -0.1) is 0 Å². The zero-order chi connectivity index (χ0) is 13.1. The molecule has 0 aliphatic heterocycles. The average Bonchev–Trinajstić information content (AvgIpc) is 3.04. The van der Waals surface area contributed by atoms with E-state index in [2.05, 4.69) is 24.9 Å². The number of nitrogens with zero attached hydrogens (tertiary/aromatic N) is 1. The van der Waals surface area contributed by atoms with E-state index in [1.807, 2.05) is 18.2 Å². The van der Waals surface area contributed by atoms with Gasteiger partial charge in [0, 0.05) is 24.7 Å². The van der Waals surface area contributed by atoms with Gasteiger partial charge in [0.25, 0.3) is 0 Å². The molecule has 0 heterocycles. The van der Waals surface area contributed by atoms with E-state index in [4.69, 9.17) is 10.5 Å². The van der Waals surface area contributed by atoms with Gasteiger partial charge in [-0.3, -0.25) is 0 Å². The van der Waals surface area contributed by atoms with Gasteiger partial charge >= 0.3 is 0 Å². The third-order valence-corrected chi connectivity index (χ3v) is 3.87. The molecule has 3 nitrogen and oxygen atoms in total. The Morgan fingerprint density at radius 3 is 2.72 bits per heavy atom. The molecule has 1 aliphatic carbocycles. The summed E-state index contributed by atoms with van der Waals surface area (Å²) in [5.74, 6) is 2.66. The van der Waals surface area contributed by atoms with Gasteiger partial charge in [0.05, 0.1) is 7.11 Å². The van der Waals surface area contributed by atoms with Crippen molar-refractivity contribution in [3.8, 4) is 5.75 Å². The minimum absolute atomic E-state index is 0.0141. The highest BCUT2D eigenvalue weighted by Crippen LogP contribution is 2.38. The quantitative estimate of drug-likeness (QED) is 0.839. The van der Waals surface area contributed by atoms with Crippen molar-refractivity contribution in [3.05, 3.63) is 29.8 Å². The second-order valence-electron chi connectivity index (χ2n) is 5.54. The van der Waals surface area contributed by atoms with Gasteiger partial charge in [0.15, 0.2) is 0 Å². The highest BCUT2D eigenvalue weighted by Gasteiger charge is 2.33. The molecule has 1 aromatic rings. The molecule has 100 valence electrons. The largest absolute Gasteiger partial charge is 0.496 e. The molecule has 3 unspecified atom stereocenters. The normalized spacial score (nSPS) is 24.1. The van der Waals surface area contributed by atoms with E-state index in [1.54, 1.807) is 7.11 Å². The Morgan fingerprint density at radius 2 is 2.11 bits per heavy atom. The Labute approximate surface area is 110 Å². The SMILES string of the molecule is COc1ccccc1C(N)CN(C)CC1CC1C. The Hall–Kier alpha value is -1.06. The van der Waals surface area contributed by atoms with Gasteiger partial charge in [0.1, 0.15) is 5.75 Å². The van der Waals surface area contributed by atoms with E-state index in [0.717, 1.165) is 36.2 Å². The molecule has 1 saturated carbocycles. The van der Waals surface area contributed by atoms with E-state index >= 15 is 0 Å². The van der Waals surface area contributed by atoms with Gasteiger partial charge in [-0.05, 0) is 31.4 Å². The van der Waals surface area contributed by atoms with E-state index in [9.17, 15) is 0 Å². The summed E-state index contributed by atoms with van der Waals surface area (Å²) >= 11 is 0. The zero-order valence-corrected chi connectivity index (χ0v) is 11.6. The molecule has 3 heteroatoms. The van der Waals surface area contributed by atoms with Crippen LogP contribution in [0.5, 0.6) is 5.75 Å². The standard InChI is InChI=1S/C15H24N2O/c1-11-8-12(11)9-17(2)10-14(16)13-6-4-5-7-15(13)18-3/h4-7,11-12,14H,8-10,16H2,1-3H3. The molecule has 18 heavy (non-hydrogen) atoms. The highest BCUT2D eigenvalue weighted by molar-refractivity contribution is 5.35. The number of ether oxygens (including phenoxy) is 1. The number of methoxy groups -OCH3 is 1. The van der Waals surface area contributed by atoms with Crippen molar-refractivity contribution in [2.45, 2.75) is 19.4 Å². The molecule has 0 aromatic heterocycles. The van der Waals surface area contributed by atoms with Gasteiger partial charge < -0.3 is 15.4 Å². The van der Waals surface area contributed by atoms with Crippen LogP contribution in [0.15, 0.2) is 24.3 Å². The van der Waals surface area contributed by atoms with Crippen molar-refractivity contribution in [3.63, 3.8) is 0 Å². The van der Waals surface area contributed by atoms with Crippen molar-refractivity contribution >= 4 is 0 Å². The van der Waals surface area contributed by atoms with Crippen LogP contribution in [-0.2, 0) is 0 Å². The maximum absolute atomic E-state index is 6.28. The first kappa shape index (κ1) is 13.4. The van der Waals surface area contributed by atoms with Crippen LogP contribution in [0.2, 0.25) is 0 Å². The van der Waals surface area contributed by atoms with Crippen LogP contribution < -0.4 is 10.5 Å². The Balaban J connectivity index is 1.91. The number of likely N-dealkylation sites (N-methyl/N-ethyl adjacent to an activating group) is 1. The summed E-state index contributed by atoms with van der Waals surface area (Å²) in [6, 6.07) is 8.03. The fourth-order valence-corrected chi connectivity index (χ4v) is 2.54. The lowest BCUT2D eigenvalue weighted by Gasteiger charge is -2.22. The van der Waals surface area contributed by atoms with Crippen molar-refractivity contribution in [2.24, 2.45) is 17.6 Å². The molecule has 1 aromatic carbocycles. The molecule has 0 bridgehead atoms. The van der Waals surface area contributed by atoms with Crippen LogP contribution >= 0.6 is 0 Å². The van der Waals surface area contributed by atoms with Crippen molar-refractivity contribution in [2.75, 3.05) is 27.2 Å². The molecule has 1 fully saturated rings. The van der Waals surface area contributed by atoms with E-state index in [1.165, 1.54) is 6.42 Å². The lowest BCUT2D eigenvalue weighted by atomic mass is 10.1. The number of rotatable bonds is 6. The highest BCUT2D eigenvalue weighted by atomic mass is 16.5. The molecule has 2 rings (SSSR count). The predicted molar refractivity (Wildman–Crippen MR) is 74.7 cm³/mol. The van der Waals surface area contributed by atoms with Gasteiger partial charge in [-0.2, -0.15) is 0 Å². The summed E-state index contributed by atoms with van der Waals surface area (Å²) in [6.45, 7) is 4.35.